The summed E-state index contributed by atoms with van der Waals surface area (Å²) in [6, 6.07) is 3.84. The quantitative estimate of drug-likeness (QED) is 0.776. The zero-order valence-electron chi connectivity index (χ0n) is 11.5. The second kappa shape index (κ2) is 4.66. The Hall–Kier alpha value is -1.76. The molecule has 0 saturated carbocycles. The van der Waals surface area contributed by atoms with Gasteiger partial charge < -0.3 is 4.90 Å². The standard InChI is InChI=1S/C13H16N4O2S/c1-9-3-4-11-12(14-9)13(16-10(2)15-11)17-5-7-20(18,19)8-6-17/h3-4H,5-8H2,1-2H3. The minimum Gasteiger partial charge on any atom is -0.353 e. The summed E-state index contributed by atoms with van der Waals surface area (Å²) in [7, 11) is -2.90. The van der Waals surface area contributed by atoms with Crippen LogP contribution in [0.2, 0.25) is 0 Å². The molecule has 3 rings (SSSR count). The number of fused-ring (bicyclic) bond motifs is 1. The van der Waals surface area contributed by atoms with Crippen molar-refractivity contribution in [3.63, 3.8) is 0 Å². The summed E-state index contributed by atoms with van der Waals surface area (Å²) in [5, 5.41) is 0. The molecule has 6 nitrogen and oxygen atoms in total. The molecule has 1 aliphatic heterocycles. The topological polar surface area (TPSA) is 76.1 Å². The summed E-state index contributed by atoms with van der Waals surface area (Å²) in [6.45, 7) is 4.68. The van der Waals surface area contributed by atoms with Gasteiger partial charge in [-0.2, -0.15) is 0 Å². The first-order chi connectivity index (χ1) is 9.44. The number of sulfone groups is 1. The highest BCUT2D eigenvalue weighted by atomic mass is 32.2. The number of aromatic nitrogens is 3. The van der Waals surface area contributed by atoms with E-state index in [1.54, 1.807) is 0 Å². The van der Waals surface area contributed by atoms with E-state index in [2.05, 4.69) is 15.0 Å². The average molecular weight is 292 g/mol. The molecule has 0 amide bonds. The van der Waals surface area contributed by atoms with Gasteiger partial charge in [-0.1, -0.05) is 0 Å². The summed E-state index contributed by atoms with van der Waals surface area (Å²) in [5.74, 6) is 1.75. The molecule has 0 aliphatic carbocycles. The SMILES string of the molecule is Cc1ccc2nc(C)nc(N3CCS(=O)(=O)CC3)c2n1. The van der Waals surface area contributed by atoms with Crippen LogP contribution in [0.1, 0.15) is 11.5 Å². The lowest BCUT2D eigenvalue weighted by Gasteiger charge is -2.28. The molecule has 20 heavy (non-hydrogen) atoms. The number of aryl methyl sites for hydroxylation is 2. The predicted octanol–water partition coefficient (Wildman–Crippen LogP) is 0.876. The average Bonchev–Trinajstić information content (AvgIpc) is 2.39. The van der Waals surface area contributed by atoms with Crippen molar-refractivity contribution in [2.45, 2.75) is 13.8 Å². The molecule has 0 atom stereocenters. The van der Waals surface area contributed by atoms with E-state index >= 15 is 0 Å². The normalized spacial score (nSPS) is 18.4. The van der Waals surface area contributed by atoms with Crippen molar-refractivity contribution in [2.24, 2.45) is 0 Å². The van der Waals surface area contributed by atoms with Crippen LogP contribution in [-0.2, 0) is 9.84 Å². The highest BCUT2D eigenvalue weighted by Gasteiger charge is 2.24. The van der Waals surface area contributed by atoms with E-state index in [1.165, 1.54) is 0 Å². The summed E-state index contributed by atoms with van der Waals surface area (Å²) >= 11 is 0. The zero-order chi connectivity index (χ0) is 14.3. The van der Waals surface area contributed by atoms with Crippen molar-refractivity contribution in [3.05, 3.63) is 23.7 Å². The molecule has 0 aromatic carbocycles. The fourth-order valence-electron chi connectivity index (χ4n) is 2.35. The molecule has 0 unspecified atom stereocenters. The van der Waals surface area contributed by atoms with Crippen LogP contribution in [0.15, 0.2) is 12.1 Å². The highest BCUT2D eigenvalue weighted by Crippen LogP contribution is 2.23. The molecule has 0 bridgehead atoms. The number of anilines is 1. The van der Waals surface area contributed by atoms with Gasteiger partial charge in [0.2, 0.25) is 0 Å². The number of hydrogen-bond acceptors (Lipinski definition) is 6. The van der Waals surface area contributed by atoms with Crippen molar-refractivity contribution in [1.82, 2.24) is 15.0 Å². The molecule has 0 N–H and O–H groups in total. The van der Waals surface area contributed by atoms with Gasteiger partial charge in [-0.15, -0.1) is 0 Å². The summed E-state index contributed by atoms with van der Waals surface area (Å²) in [6.07, 6.45) is 0. The number of pyridine rings is 1. The highest BCUT2D eigenvalue weighted by molar-refractivity contribution is 7.91. The third kappa shape index (κ3) is 2.45. The molecule has 0 spiro atoms. The molecular formula is C13H16N4O2S. The fourth-order valence-corrected chi connectivity index (χ4v) is 3.56. The predicted molar refractivity (Wildman–Crippen MR) is 77.7 cm³/mol. The maximum atomic E-state index is 11.5. The van der Waals surface area contributed by atoms with Crippen LogP contribution in [0.5, 0.6) is 0 Å². The van der Waals surface area contributed by atoms with E-state index in [0.29, 0.717) is 18.9 Å². The lowest BCUT2D eigenvalue weighted by Crippen LogP contribution is -2.41. The van der Waals surface area contributed by atoms with Gasteiger partial charge in [0, 0.05) is 18.8 Å². The minimum atomic E-state index is -2.90. The van der Waals surface area contributed by atoms with Gasteiger partial charge in [0.15, 0.2) is 15.7 Å². The minimum absolute atomic E-state index is 0.170. The Balaban J connectivity index is 2.09. The fraction of sp³-hybridized carbons (Fsp3) is 0.462. The molecule has 2 aromatic rings. The van der Waals surface area contributed by atoms with E-state index < -0.39 is 9.84 Å². The Morgan fingerprint density at radius 2 is 1.75 bits per heavy atom. The molecule has 1 fully saturated rings. The van der Waals surface area contributed by atoms with Crippen LogP contribution < -0.4 is 4.90 Å². The van der Waals surface area contributed by atoms with Crippen molar-refractivity contribution < 1.29 is 8.42 Å². The lowest BCUT2D eigenvalue weighted by molar-refractivity contribution is 0.586. The molecule has 7 heteroatoms. The van der Waals surface area contributed by atoms with Gasteiger partial charge in [-0.25, -0.2) is 23.4 Å². The molecule has 0 radical (unpaired) electrons. The number of hydrogen-bond donors (Lipinski definition) is 0. The Morgan fingerprint density at radius 3 is 2.45 bits per heavy atom. The van der Waals surface area contributed by atoms with Crippen molar-refractivity contribution in [3.8, 4) is 0 Å². The van der Waals surface area contributed by atoms with Gasteiger partial charge in [0.25, 0.3) is 0 Å². The van der Waals surface area contributed by atoms with E-state index in [1.807, 2.05) is 30.9 Å². The van der Waals surface area contributed by atoms with Gasteiger partial charge in [-0.05, 0) is 26.0 Å². The van der Waals surface area contributed by atoms with Crippen LogP contribution in [0.4, 0.5) is 5.82 Å². The van der Waals surface area contributed by atoms with E-state index in [-0.39, 0.29) is 11.5 Å². The molecule has 1 aliphatic rings. The van der Waals surface area contributed by atoms with Crippen LogP contribution in [-0.4, -0.2) is 48.0 Å². The number of nitrogens with zero attached hydrogens (tertiary/aromatic N) is 4. The third-order valence-electron chi connectivity index (χ3n) is 3.42. The largest absolute Gasteiger partial charge is 0.353 e. The van der Waals surface area contributed by atoms with Crippen LogP contribution in [0.25, 0.3) is 11.0 Å². The second-order valence-electron chi connectivity index (χ2n) is 5.05. The van der Waals surface area contributed by atoms with Crippen LogP contribution >= 0.6 is 0 Å². The lowest BCUT2D eigenvalue weighted by atomic mass is 10.3. The smallest absolute Gasteiger partial charge is 0.159 e. The Bertz CT molecular complexity index is 759. The van der Waals surface area contributed by atoms with Gasteiger partial charge in [0.1, 0.15) is 11.3 Å². The third-order valence-corrected chi connectivity index (χ3v) is 5.03. The zero-order valence-corrected chi connectivity index (χ0v) is 12.3. The summed E-state index contributed by atoms with van der Waals surface area (Å²) in [5.41, 5.74) is 2.44. The van der Waals surface area contributed by atoms with Gasteiger partial charge >= 0.3 is 0 Å². The first-order valence-electron chi connectivity index (χ1n) is 6.52. The van der Waals surface area contributed by atoms with Gasteiger partial charge in [-0.3, -0.25) is 0 Å². The maximum Gasteiger partial charge on any atom is 0.159 e. The van der Waals surface area contributed by atoms with E-state index in [0.717, 1.165) is 22.5 Å². The maximum absolute atomic E-state index is 11.5. The second-order valence-corrected chi connectivity index (χ2v) is 7.36. The first-order valence-corrected chi connectivity index (χ1v) is 8.34. The molecule has 3 heterocycles. The molecule has 1 saturated heterocycles. The summed E-state index contributed by atoms with van der Waals surface area (Å²) in [4.78, 5) is 15.4. The molecule has 106 valence electrons. The van der Waals surface area contributed by atoms with E-state index in [4.69, 9.17) is 0 Å². The van der Waals surface area contributed by atoms with E-state index in [9.17, 15) is 8.42 Å². The van der Waals surface area contributed by atoms with Gasteiger partial charge in [0.05, 0.1) is 17.0 Å². The monoisotopic (exact) mass is 292 g/mol. The Kier molecular flexibility index (Phi) is 3.08. The molecular weight excluding hydrogens is 276 g/mol. The Morgan fingerprint density at radius 1 is 1.05 bits per heavy atom. The number of rotatable bonds is 1. The molecule has 2 aromatic heterocycles. The van der Waals surface area contributed by atoms with Crippen LogP contribution in [0, 0.1) is 13.8 Å². The van der Waals surface area contributed by atoms with Crippen molar-refractivity contribution >= 4 is 26.7 Å². The Labute approximate surface area is 117 Å². The summed E-state index contributed by atoms with van der Waals surface area (Å²) < 4.78 is 23.1. The van der Waals surface area contributed by atoms with Crippen LogP contribution in [0.3, 0.4) is 0 Å². The van der Waals surface area contributed by atoms with Crippen molar-refractivity contribution in [2.75, 3.05) is 29.5 Å². The first kappa shape index (κ1) is 13.2. The van der Waals surface area contributed by atoms with Crippen molar-refractivity contribution in [1.29, 1.82) is 0 Å².